The molecule has 1 atom stereocenters. The van der Waals surface area contributed by atoms with Crippen LogP contribution in [0, 0.1) is 23.2 Å². The number of likely N-dealkylation sites (tertiary alicyclic amines) is 1. The Balaban J connectivity index is 1.76. The minimum absolute atomic E-state index is 0.171. The number of ether oxygens (including phenoxy) is 2. The summed E-state index contributed by atoms with van der Waals surface area (Å²) in [5, 5.41) is 24.1. The maximum Gasteiger partial charge on any atom is 0.252 e. The highest BCUT2D eigenvalue weighted by Crippen LogP contribution is 2.34. The summed E-state index contributed by atoms with van der Waals surface area (Å²) < 4.78 is 12.2. The van der Waals surface area contributed by atoms with E-state index in [1.807, 2.05) is 19.9 Å². The van der Waals surface area contributed by atoms with Gasteiger partial charge >= 0.3 is 0 Å². The van der Waals surface area contributed by atoms with Crippen LogP contribution in [0.2, 0.25) is 0 Å². The molecule has 2 saturated heterocycles. The predicted octanol–water partition coefficient (Wildman–Crippen LogP) is 1.87. The number of nitrogens with zero attached hydrogens (tertiary/aromatic N) is 3. The molecule has 38 heavy (non-hydrogen) atoms. The van der Waals surface area contributed by atoms with Gasteiger partial charge in [0, 0.05) is 23.5 Å². The molecule has 0 aliphatic carbocycles. The molecule has 1 aromatic carbocycles. The first-order valence-electron chi connectivity index (χ1n) is 12.9. The van der Waals surface area contributed by atoms with E-state index < -0.39 is 11.5 Å². The number of nitrogens with two attached hydrogens (primary N) is 1. The summed E-state index contributed by atoms with van der Waals surface area (Å²) in [6, 6.07) is 5.22. The number of carbonyl (C=O) groups is 2. The van der Waals surface area contributed by atoms with Crippen LogP contribution < -0.4 is 20.5 Å². The summed E-state index contributed by atoms with van der Waals surface area (Å²) >= 11 is 0. The number of benzene rings is 1. The monoisotopic (exact) mass is 519 g/mol. The van der Waals surface area contributed by atoms with Crippen molar-refractivity contribution in [1.82, 2.24) is 15.2 Å². The van der Waals surface area contributed by atoms with Crippen molar-refractivity contribution in [1.29, 1.82) is 5.26 Å². The average Bonchev–Trinajstić information content (AvgIpc) is 2.88. The summed E-state index contributed by atoms with van der Waals surface area (Å²) in [6.45, 7) is 5.97. The van der Waals surface area contributed by atoms with E-state index in [1.54, 1.807) is 23.2 Å². The topological polar surface area (TPSA) is 151 Å². The van der Waals surface area contributed by atoms with Gasteiger partial charge in [-0.2, -0.15) is 5.26 Å². The SMILES string of the molecule is CC(C)Oc1cc2c(OC3CCCN(C(=O)CC#N)C3)ncc(C#CC3(O)CCNCC3)c2cc1C(N)=O. The van der Waals surface area contributed by atoms with Crippen molar-refractivity contribution in [3.63, 3.8) is 0 Å². The molecule has 10 nitrogen and oxygen atoms in total. The van der Waals surface area contributed by atoms with Gasteiger partial charge in [-0.15, -0.1) is 0 Å². The Morgan fingerprint density at radius 1 is 1.32 bits per heavy atom. The number of nitrogens with one attached hydrogen (secondary N) is 1. The second-order valence-electron chi connectivity index (χ2n) is 9.99. The van der Waals surface area contributed by atoms with Crippen LogP contribution >= 0.6 is 0 Å². The number of amides is 2. The van der Waals surface area contributed by atoms with Crippen molar-refractivity contribution in [2.75, 3.05) is 26.2 Å². The van der Waals surface area contributed by atoms with Crippen LogP contribution in [0.5, 0.6) is 11.6 Å². The number of nitriles is 1. The van der Waals surface area contributed by atoms with Crippen molar-refractivity contribution < 1.29 is 24.2 Å². The molecule has 1 unspecified atom stereocenters. The zero-order valence-electron chi connectivity index (χ0n) is 21.7. The molecule has 4 N–H and O–H groups in total. The molecule has 2 aromatic rings. The number of hydrogen-bond acceptors (Lipinski definition) is 8. The van der Waals surface area contributed by atoms with Crippen LogP contribution in [0.1, 0.15) is 61.9 Å². The zero-order valence-corrected chi connectivity index (χ0v) is 21.7. The molecule has 200 valence electrons. The first kappa shape index (κ1) is 27.2. The van der Waals surface area contributed by atoms with Crippen LogP contribution in [-0.2, 0) is 4.79 Å². The van der Waals surface area contributed by atoms with E-state index >= 15 is 0 Å². The van der Waals surface area contributed by atoms with Gasteiger partial charge in [-0.25, -0.2) is 4.98 Å². The summed E-state index contributed by atoms with van der Waals surface area (Å²) in [4.78, 5) is 30.8. The van der Waals surface area contributed by atoms with Crippen molar-refractivity contribution in [3.05, 3.63) is 29.5 Å². The molecular formula is C28H33N5O5. The normalized spacial score (nSPS) is 18.8. The highest BCUT2D eigenvalue weighted by atomic mass is 16.5. The fourth-order valence-corrected chi connectivity index (χ4v) is 4.73. The number of aliphatic hydroxyl groups is 1. The fourth-order valence-electron chi connectivity index (χ4n) is 4.73. The summed E-state index contributed by atoms with van der Waals surface area (Å²) in [5.74, 6) is 5.83. The van der Waals surface area contributed by atoms with Crippen molar-refractivity contribution in [2.45, 2.75) is 63.8 Å². The second-order valence-corrected chi connectivity index (χ2v) is 9.99. The van der Waals surface area contributed by atoms with Crippen molar-refractivity contribution in [2.24, 2.45) is 5.73 Å². The van der Waals surface area contributed by atoms with Crippen molar-refractivity contribution >= 4 is 22.6 Å². The van der Waals surface area contributed by atoms with Crippen molar-refractivity contribution in [3.8, 4) is 29.5 Å². The van der Waals surface area contributed by atoms with Crippen LogP contribution in [0.25, 0.3) is 10.8 Å². The van der Waals surface area contributed by atoms with Gasteiger partial charge < -0.3 is 30.5 Å². The molecule has 3 heterocycles. The number of pyridine rings is 1. The smallest absolute Gasteiger partial charge is 0.252 e. The third-order valence-electron chi connectivity index (χ3n) is 6.68. The lowest BCUT2D eigenvalue weighted by molar-refractivity contribution is -0.132. The highest BCUT2D eigenvalue weighted by Gasteiger charge is 2.28. The van der Waals surface area contributed by atoms with E-state index in [4.69, 9.17) is 20.5 Å². The Labute approximate surface area is 222 Å². The first-order chi connectivity index (χ1) is 18.2. The Morgan fingerprint density at radius 3 is 2.76 bits per heavy atom. The zero-order chi connectivity index (χ0) is 27.3. The molecule has 2 aliphatic heterocycles. The molecule has 1 aromatic heterocycles. The largest absolute Gasteiger partial charge is 0.490 e. The van der Waals surface area contributed by atoms with Gasteiger partial charge in [-0.3, -0.25) is 9.59 Å². The molecule has 0 radical (unpaired) electrons. The number of piperidine rings is 2. The van der Waals surface area contributed by atoms with Gasteiger partial charge in [-0.1, -0.05) is 11.8 Å². The van der Waals surface area contributed by atoms with Crippen LogP contribution in [0.15, 0.2) is 18.3 Å². The van der Waals surface area contributed by atoms with Crippen LogP contribution in [0.3, 0.4) is 0 Å². The third kappa shape index (κ3) is 6.34. The molecular weight excluding hydrogens is 486 g/mol. The Morgan fingerprint density at radius 2 is 2.08 bits per heavy atom. The number of hydrogen-bond donors (Lipinski definition) is 3. The lowest BCUT2D eigenvalue weighted by Crippen LogP contribution is -2.44. The van der Waals surface area contributed by atoms with Gasteiger partial charge in [-0.05, 0) is 64.8 Å². The third-order valence-corrected chi connectivity index (χ3v) is 6.68. The van der Waals surface area contributed by atoms with E-state index in [1.165, 1.54) is 0 Å². The minimum Gasteiger partial charge on any atom is -0.490 e. The van der Waals surface area contributed by atoms with E-state index in [2.05, 4.69) is 22.1 Å². The quantitative estimate of drug-likeness (QED) is 0.490. The van der Waals surface area contributed by atoms with Gasteiger partial charge in [0.1, 0.15) is 23.9 Å². The standard InChI is InChI=1S/C28H33N5O5/c1-18(2)37-24-15-22-21(14-23(24)26(30)35)19(5-7-28(36)8-11-31-12-9-28)16-32-27(22)38-20-4-3-13-33(17-20)25(34)6-10-29/h14-16,18,20,31,36H,3-4,6,8-9,11-13,17H2,1-2H3,(H2,30,35). The van der Waals surface area contributed by atoms with E-state index in [-0.39, 0.29) is 30.1 Å². The molecule has 0 saturated carbocycles. The lowest BCUT2D eigenvalue weighted by Gasteiger charge is -2.32. The van der Waals surface area contributed by atoms with Gasteiger partial charge in [0.05, 0.1) is 29.8 Å². The van der Waals surface area contributed by atoms with Gasteiger partial charge in [0.2, 0.25) is 11.8 Å². The summed E-state index contributed by atoms with van der Waals surface area (Å²) in [5.41, 5.74) is 5.31. The Bertz CT molecular complexity index is 1320. The maximum absolute atomic E-state index is 12.3. The summed E-state index contributed by atoms with van der Waals surface area (Å²) in [6.07, 6.45) is 3.33. The molecule has 2 aliphatic rings. The van der Waals surface area contributed by atoms with E-state index in [9.17, 15) is 14.7 Å². The predicted molar refractivity (Wildman–Crippen MR) is 140 cm³/mol. The molecule has 2 fully saturated rings. The minimum atomic E-state index is -1.11. The van der Waals surface area contributed by atoms with E-state index in [0.29, 0.717) is 67.0 Å². The van der Waals surface area contributed by atoms with Gasteiger partial charge in [0.15, 0.2) is 0 Å². The average molecular weight is 520 g/mol. The molecule has 0 spiro atoms. The first-order valence-corrected chi connectivity index (χ1v) is 12.9. The van der Waals surface area contributed by atoms with Crippen LogP contribution in [-0.4, -0.2) is 70.8 Å². The fraction of sp³-hybridized carbons (Fsp3) is 0.500. The molecule has 10 heteroatoms. The maximum atomic E-state index is 12.3. The Kier molecular flexibility index (Phi) is 8.35. The number of rotatable bonds is 6. The van der Waals surface area contributed by atoms with Gasteiger partial charge in [0.25, 0.3) is 5.91 Å². The Hall–Kier alpha value is -3.86. The number of fused-ring (bicyclic) bond motifs is 1. The van der Waals surface area contributed by atoms with Crippen LogP contribution in [0.4, 0.5) is 0 Å². The molecule has 4 rings (SSSR count). The number of primary amides is 1. The molecule has 2 amide bonds. The lowest BCUT2D eigenvalue weighted by atomic mass is 9.92. The number of aromatic nitrogens is 1. The second kappa shape index (κ2) is 11.7. The summed E-state index contributed by atoms with van der Waals surface area (Å²) in [7, 11) is 0. The number of carbonyl (C=O) groups excluding carboxylic acids is 2. The molecule has 0 bridgehead atoms. The van der Waals surface area contributed by atoms with E-state index in [0.717, 1.165) is 12.8 Å². The highest BCUT2D eigenvalue weighted by molar-refractivity contribution is 6.03.